The average molecular weight is 3640 g/mol. The molecule has 2 nitrogen and oxygen atoms in total. The molecule has 145 heavy (non-hydrogen) atoms. The van der Waals surface area contributed by atoms with Crippen LogP contribution in [0.1, 0.15) is 607 Å². The quantitative estimate of drug-likeness (QED) is 0.0446. The first-order chi connectivity index (χ1) is 71.1. The second-order valence-electron chi connectivity index (χ2n) is 39.8. The van der Waals surface area contributed by atoms with Gasteiger partial charge in [0.2, 0.25) is 0 Å². The summed E-state index contributed by atoms with van der Waals surface area (Å²) in [6.07, 6.45) is 87.3. The molecule has 0 bridgehead atoms. The van der Waals surface area contributed by atoms with Gasteiger partial charge in [0.25, 0.3) is 0 Å². The Balaban J connectivity index is -0.0000000963. The molecule has 0 saturated heterocycles. The van der Waals surface area contributed by atoms with Crippen molar-refractivity contribution in [2.45, 2.75) is 749 Å². The van der Waals surface area contributed by atoms with E-state index >= 15 is 0 Å². The zero-order valence-corrected chi connectivity index (χ0v) is 151. The number of ether oxygens (including phenoxy) is 2. The molecule has 0 N–H and O–H groups in total. The molecule has 0 saturated carbocycles. The SMILES string of the molecule is CCC[CH2][Sn]([CH2]CCC)[CH2]COCC.CCC[CH2][Sn]([CH2]CCC)[CH2]COCC.CCC[CH2][Sn][CH2]CCC.CCC[CH2][Sn][CH2]CCC.CCC[CH2][Sn][CH2]CCC.CCC[CH2][Sn][CH2]CCC.CCC[CH2][Sn][CH2]CCC.CCC[CH2][Sn][CH2]CCC.CCC[CH2][Sn][CH2]CCC.CCC[CH2][Sn][CH2]CCC.CCC[CH2][Sn][CH2]CCC.CCC[CH2][Sn][CH2]CCC.CCC[CH2][Sn][CH2]CCC.CCC[CH2][Sn][CH2]CCC.CCC[CH2][Sn][CH2]CCC. The Morgan fingerprint density at radius 1 is 0.103 bits per heavy atom. The van der Waals surface area contributed by atoms with Gasteiger partial charge in [-0.05, 0) is 0 Å². The van der Waals surface area contributed by atoms with Crippen molar-refractivity contribution < 1.29 is 9.47 Å². The third kappa shape index (κ3) is 275. The first-order valence-electron chi connectivity index (χ1n) is 66.1. The number of rotatable bonds is 98. The van der Waals surface area contributed by atoms with Gasteiger partial charge in [-0.25, -0.2) is 0 Å². The maximum absolute atomic E-state index is 5.47. The number of hydrogen-bond donors (Lipinski definition) is 0. The van der Waals surface area contributed by atoms with Gasteiger partial charge >= 0.3 is 1100 Å². The molecule has 0 aromatic carbocycles. The molecule has 28 radical (unpaired) electrons. The molecule has 0 aliphatic carbocycles. The number of hydrogen-bond acceptors (Lipinski definition) is 2. The van der Waals surface area contributed by atoms with E-state index in [4.69, 9.17) is 9.47 Å². The fraction of sp³-hybridized carbons (Fsp3) is 1.00. The fourth-order valence-corrected chi connectivity index (χ4v) is 83.2. The van der Waals surface area contributed by atoms with Crippen LogP contribution < -0.4 is 0 Å². The van der Waals surface area contributed by atoms with Crippen LogP contribution in [0.5, 0.6) is 0 Å². The summed E-state index contributed by atoms with van der Waals surface area (Å²) in [4.78, 5) is 0. The van der Waals surface area contributed by atoms with E-state index in [1.54, 1.807) is 133 Å². The number of unbranched alkanes of at least 4 members (excludes halogenated alkanes) is 30. The summed E-state index contributed by atoms with van der Waals surface area (Å²) >= 11 is -0.0259. The van der Waals surface area contributed by atoms with E-state index in [2.05, 4.69) is 222 Å². The van der Waals surface area contributed by atoms with Crippen molar-refractivity contribution in [1.82, 2.24) is 0 Å². The molecule has 0 unspecified atom stereocenters. The monoisotopic (exact) mass is 3660 g/mol. The van der Waals surface area contributed by atoms with Gasteiger partial charge in [-0.15, -0.1) is 0 Å². The second-order valence-corrected chi connectivity index (χ2v) is 113. The summed E-state index contributed by atoms with van der Waals surface area (Å²) in [5.41, 5.74) is 0. The summed E-state index contributed by atoms with van der Waals surface area (Å²) < 4.78 is 62.5. The third-order valence-corrected chi connectivity index (χ3v) is 93.3. The molecule has 0 rings (SSSR count). The Labute approximate surface area is 1080 Å². The van der Waals surface area contributed by atoms with E-state index in [0.717, 1.165) is 26.4 Å². The topological polar surface area (TPSA) is 18.5 Å². The van der Waals surface area contributed by atoms with Crippen molar-refractivity contribution in [2.75, 3.05) is 26.4 Å². The van der Waals surface area contributed by atoms with E-state index in [9.17, 15) is 0 Å². The van der Waals surface area contributed by atoms with Gasteiger partial charge in [0.05, 0.1) is 0 Å². The third-order valence-electron chi connectivity index (χ3n) is 23.5. The van der Waals surface area contributed by atoms with Gasteiger partial charge in [0.1, 0.15) is 0 Å². The summed E-state index contributed by atoms with van der Waals surface area (Å²) in [5.74, 6) is 0. The minimum absolute atomic E-state index is 0.149. The molecule has 0 atom stereocenters. The van der Waals surface area contributed by atoms with Crippen molar-refractivity contribution in [3.05, 3.63) is 0 Å². The normalized spacial score (nSPS) is 10.2. The minimum atomic E-state index is -0.985. The second kappa shape index (κ2) is 225. The Hall–Kier alpha value is 11.9. The molecule has 872 valence electrons. The molecule has 0 amide bonds. The van der Waals surface area contributed by atoms with Crippen LogP contribution in [0, 0.1) is 0 Å². The maximum atomic E-state index is 5.47. The van der Waals surface area contributed by atoms with Crippen LogP contribution in [0.4, 0.5) is 0 Å². The van der Waals surface area contributed by atoms with E-state index in [0.29, 0.717) is 0 Å². The average Bonchev–Trinajstić information content (AvgIpc) is 1.01. The predicted octanol–water partition coefficient (Wildman–Crippen LogP) is 48.9. The van der Waals surface area contributed by atoms with Gasteiger partial charge in [-0.3, -0.25) is 0 Å². The Bertz CT molecular complexity index is 1240. The standard InChI is InChI=1S/2C4H9O.30C4H9.15Sn/c2*1-3-5-4-2;30*1-3-4-2;;;;;;;;;;;;;;;/h2*1,3-4H2,2H3;30*1,3-4H2,2H3;;;;;;;;;;;;;;;. The summed E-state index contributed by atoms with van der Waals surface area (Å²) in [7, 11) is 0. The van der Waals surface area contributed by atoms with Gasteiger partial charge in [-0.1, -0.05) is 0 Å². The molecule has 0 heterocycles. The van der Waals surface area contributed by atoms with E-state index in [-0.39, 0.29) is 275 Å². The van der Waals surface area contributed by atoms with Crippen LogP contribution in [0.25, 0.3) is 0 Å². The van der Waals surface area contributed by atoms with E-state index < -0.39 is 39.5 Å². The zero-order valence-electron chi connectivity index (χ0n) is 108. The molecule has 17 heteroatoms. The van der Waals surface area contributed by atoms with Crippen molar-refractivity contribution >= 4 is 314 Å². The summed E-state index contributed by atoms with van der Waals surface area (Å²) in [6, 6.07) is 0. The van der Waals surface area contributed by atoms with Crippen LogP contribution >= 0.6 is 0 Å². The van der Waals surface area contributed by atoms with Gasteiger partial charge in [0.15, 0.2) is 0 Å². The van der Waals surface area contributed by atoms with Gasteiger partial charge in [-0.2, -0.15) is 0 Å². The molecule has 0 aromatic heterocycles. The Kier molecular flexibility index (Phi) is 294. The van der Waals surface area contributed by atoms with E-state index in [1.807, 2.05) is 0 Å². The Morgan fingerprint density at radius 2 is 0.179 bits per heavy atom. The van der Waals surface area contributed by atoms with Crippen LogP contribution in [0.2, 0.25) is 142 Å². The summed E-state index contributed by atoms with van der Waals surface area (Å²) in [6.45, 7) is 76.9. The summed E-state index contributed by atoms with van der Waals surface area (Å²) in [5, 5.41) is 0. The van der Waals surface area contributed by atoms with Gasteiger partial charge < -0.3 is 0 Å². The van der Waals surface area contributed by atoms with Crippen LogP contribution in [0.15, 0.2) is 0 Å². The molecular weight excluding hydrogens is 3350 g/mol. The van der Waals surface area contributed by atoms with Crippen molar-refractivity contribution in [2.24, 2.45) is 0 Å². The van der Waals surface area contributed by atoms with E-state index in [1.165, 1.54) is 394 Å². The van der Waals surface area contributed by atoms with Crippen molar-refractivity contribution in [1.29, 1.82) is 0 Å². The molecule has 0 fully saturated rings. The molecule has 0 aliphatic heterocycles. The zero-order chi connectivity index (χ0) is 112. The predicted molar refractivity (Wildman–Crippen MR) is 720 cm³/mol. The van der Waals surface area contributed by atoms with Gasteiger partial charge in [0, 0.05) is 0 Å². The van der Waals surface area contributed by atoms with Crippen LogP contribution in [-0.4, -0.2) is 341 Å². The molecule has 0 spiro atoms. The molecular formula is C128H288O2Sn15. The van der Waals surface area contributed by atoms with Crippen LogP contribution in [0.3, 0.4) is 0 Å². The van der Waals surface area contributed by atoms with Crippen molar-refractivity contribution in [3.8, 4) is 0 Å². The first kappa shape index (κ1) is 189. The fourth-order valence-electron chi connectivity index (χ4n) is 12.6. The molecule has 0 aliphatic rings. The van der Waals surface area contributed by atoms with Crippen molar-refractivity contribution in [3.63, 3.8) is 0 Å². The Morgan fingerprint density at radius 3 is 0.241 bits per heavy atom. The first-order valence-corrected chi connectivity index (χ1v) is 131. The molecule has 0 aromatic rings. The van der Waals surface area contributed by atoms with Crippen LogP contribution in [-0.2, 0) is 9.47 Å².